The van der Waals surface area contributed by atoms with Crippen LogP contribution in [0, 0.1) is 0 Å². The number of nitrogens with zero attached hydrogens (tertiary/aromatic N) is 1. The second-order valence-electron chi connectivity index (χ2n) is 7.10. The van der Waals surface area contributed by atoms with Gasteiger partial charge in [0.05, 0.1) is 12.5 Å². The van der Waals surface area contributed by atoms with Crippen LogP contribution in [0.15, 0.2) is 53.0 Å². The van der Waals surface area contributed by atoms with Crippen molar-refractivity contribution < 1.29 is 9.53 Å². The van der Waals surface area contributed by atoms with Crippen molar-refractivity contribution in [2.24, 2.45) is 0 Å². The Balaban J connectivity index is 1.47. The molecule has 1 atom stereocenters. The summed E-state index contributed by atoms with van der Waals surface area (Å²) in [4.78, 5) is 15.3. The van der Waals surface area contributed by atoms with E-state index < -0.39 is 0 Å². The Hall–Kier alpha value is -1.81. The van der Waals surface area contributed by atoms with Crippen LogP contribution in [0.2, 0.25) is 0 Å². The summed E-state index contributed by atoms with van der Waals surface area (Å²) < 4.78 is 6.29. The maximum Gasteiger partial charge on any atom is 0.233 e. The second-order valence-corrected chi connectivity index (χ2v) is 8.01. The minimum absolute atomic E-state index is 0.268. The lowest BCUT2D eigenvalue weighted by Crippen LogP contribution is -2.37. The van der Waals surface area contributed by atoms with Crippen LogP contribution in [-0.2, 0) is 10.2 Å². The van der Waals surface area contributed by atoms with E-state index in [0.717, 1.165) is 48.1 Å². The summed E-state index contributed by atoms with van der Waals surface area (Å²) in [6.07, 6.45) is 2.98. The van der Waals surface area contributed by atoms with Crippen molar-refractivity contribution in [1.82, 2.24) is 4.90 Å². The topological polar surface area (TPSA) is 29.5 Å². The predicted octanol–water partition coefficient (Wildman–Crippen LogP) is 4.51. The zero-order valence-electron chi connectivity index (χ0n) is 14.4. The number of hydrogen-bond donors (Lipinski definition) is 0. The normalized spacial score (nSPS) is 21.2. The first-order chi connectivity index (χ1) is 12.1. The molecule has 130 valence electrons. The van der Waals surface area contributed by atoms with Crippen LogP contribution in [0.4, 0.5) is 0 Å². The number of methoxy groups -OCH3 is 1. The van der Waals surface area contributed by atoms with Crippen molar-refractivity contribution >= 4 is 21.8 Å². The van der Waals surface area contributed by atoms with Crippen LogP contribution in [0.3, 0.4) is 0 Å². The summed E-state index contributed by atoms with van der Waals surface area (Å²) in [6, 6.07) is 16.5. The lowest BCUT2D eigenvalue weighted by atomic mass is 9.94. The van der Waals surface area contributed by atoms with E-state index in [0.29, 0.717) is 11.8 Å². The number of ether oxygens (including phenoxy) is 1. The molecule has 2 aliphatic rings. The van der Waals surface area contributed by atoms with Crippen molar-refractivity contribution in [3.8, 4) is 5.75 Å². The molecule has 1 amide bonds. The molecule has 1 unspecified atom stereocenters. The fourth-order valence-corrected chi connectivity index (χ4v) is 4.18. The molecule has 0 radical (unpaired) electrons. The van der Waals surface area contributed by atoms with E-state index in [1.165, 1.54) is 5.56 Å². The number of halogens is 1. The van der Waals surface area contributed by atoms with Crippen LogP contribution < -0.4 is 4.74 Å². The molecule has 0 aromatic heterocycles. The molecule has 25 heavy (non-hydrogen) atoms. The minimum Gasteiger partial charge on any atom is -0.497 e. The third-order valence-corrected chi connectivity index (χ3v) is 6.15. The van der Waals surface area contributed by atoms with Gasteiger partial charge in [-0.15, -0.1) is 0 Å². The molecule has 2 aromatic carbocycles. The van der Waals surface area contributed by atoms with Gasteiger partial charge in [-0.05, 0) is 54.7 Å². The molecule has 0 bridgehead atoms. The van der Waals surface area contributed by atoms with E-state index in [1.807, 2.05) is 24.3 Å². The lowest BCUT2D eigenvalue weighted by molar-refractivity contribution is -0.132. The summed E-state index contributed by atoms with van der Waals surface area (Å²) >= 11 is 3.48. The average molecular weight is 400 g/mol. The maximum absolute atomic E-state index is 13.2. The van der Waals surface area contributed by atoms with E-state index >= 15 is 0 Å². The maximum atomic E-state index is 13.2. The molecular formula is C21H22BrNO2. The standard InChI is InChI=1S/C21H22BrNO2/c1-25-19-8-2-15(3-9-19)16-10-13-23(14-16)20(24)21(11-12-21)17-4-6-18(22)7-5-17/h2-9,16H,10-14H2,1H3. The molecule has 1 saturated heterocycles. The number of hydrogen-bond acceptors (Lipinski definition) is 2. The SMILES string of the molecule is COc1ccc(C2CCN(C(=O)C3(c4ccc(Br)cc4)CC3)C2)cc1. The highest BCUT2D eigenvalue weighted by Crippen LogP contribution is 2.50. The Morgan fingerprint density at radius 2 is 1.80 bits per heavy atom. The molecule has 2 aromatic rings. The van der Waals surface area contributed by atoms with E-state index in [4.69, 9.17) is 4.74 Å². The fraction of sp³-hybridized carbons (Fsp3) is 0.381. The number of carbonyl (C=O) groups excluding carboxylic acids is 1. The van der Waals surface area contributed by atoms with Gasteiger partial charge in [0.1, 0.15) is 5.75 Å². The molecule has 4 heteroatoms. The molecule has 2 fully saturated rings. The average Bonchev–Trinajstić information content (AvgIpc) is 3.31. The van der Waals surface area contributed by atoms with Gasteiger partial charge >= 0.3 is 0 Å². The van der Waals surface area contributed by atoms with Crippen molar-refractivity contribution in [2.45, 2.75) is 30.6 Å². The van der Waals surface area contributed by atoms with Crippen molar-refractivity contribution in [2.75, 3.05) is 20.2 Å². The van der Waals surface area contributed by atoms with Gasteiger partial charge < -0.3 is 9.64 Å². The van der Waals surface area contributed by atoms with Crippen molar-refractivity contribution in [3.63, 3.8) is 0 Å². The summed E-state index contributed by atoms with van der Waals surface area (Å²) in [7, 11) is 1.68. The zero-order valence-corrected chi connectivity index (χ0v) is 16.0. The summed E-state index contributed by atoms with van der Waals surface area (Å²) in [5, 5.41) is 0. The summed E-state index contributed by atoms with van der Waals surface area (Å²) in [6.45, 7) is 1.68. The van der Waals surface area contributed by atoms with Crippen molar-refractivity contribution in [1.29, 1.82) is 0 Å². The van der Waals surface area contributed by atoms with Crippen LogP contribution >= 0.6 is 15.9 Å². The molecule has 1 saturated carbocycles. The first kappa shape index (κ1) is 16.6. The van der Waals surface area contributed by atoms with Crippen molar-refractivity contribution in [3.05, 3.63) is 64.1 Å². The quantitative estimate of drug-likeness (QED) is 0.756. The summed E-state index contributed by atoms with van der Waals surface area (Å²) in [5.74, 6) is 1.61. The minimum atomic E-state index is -0.268. The molecule has 0 spiro atoms. The molecule has 3 nitrogen and oxygen atoms in total. The number of likely N-dealkylation sites (tertiary alicyclic amines) is 1. The van der Waals surface area contributed by atoms with E-state index in [-0.39, 0.29) is 5.41 Å². The Morgan fingerprint density at radius 3 is 2.40 bits per heavy atom. The molecule has 4 rings (SSSR count). The van der Waals surface area contributed by atoms with Gasteiger partial charge in [0, 0.05) is 23.5 Å². The molecule has 1 heterocycles. The number of amides is 1. The first-order valence-corrected chi connectivity index (χ1v) is 9.61. The van der Waals surface area contributed by atoms with Crippen LogP contribution in [0.1, 0.15) is 36.3 Å². The monoisotopic (exact) mass is 399 g/mol. The highest BCUT2D eigenvalue weighted by Gasteiger charge is 2.53. The Bertz CT molecular complexity index is 765. The van der Waals surface area contributed by atoms with Gasteiger partial charge in [-0.2, -0.15) is 0 Å². The van der Waals surface area contributed by atoms with E-state index in [2.05, 4.69) is 45.1 Å². The smallest absolute Gasteiger partial charge is 0.233 e. The fourth-order valence-electron chi connectivity index (χ4n) is 3.92. The van der Waals surface area contributed by atoms with Gasteiger partial charge in [0.15, 0.2) is 0 Å². The first-order valence-electron chi connectivity index (χ1n) is 8.82. The molecule has 1 aliphatic carbocycles. The Morgan fingerprint density at radius 1 is 1.12 bits per heavy atom. The Labute approximate surface area is 157 Å². The van der Waals surface area contributed by atoms with Gasteiger partial charge in [-0.3, -0.25) is 4.79 Å². The highest BCUT2D eigenvalue weighted by atomic mass is 79.9. The molecular weight excluding hydrogens is 378 g/mol. The largest absolute Gasteiger partial charge is 0.497 e. The summed E-state index contributed by atoms with van der Waals surface area (Å²) in [5.41, 5.74) is 2.19. The van der Waals surface area contributed by atoms with E-state index in [1.54, 1.807) is 7.11 Å². The third kappa shape index (κ3) is 3.08. The van der Waals surface area contributed by atoms with E-state index in [9.17, 15) is 4.79 Å². The number of carbonyl (C=O) groups is 1. The van der Waals surface area contributed by atoms with Crippen LogP contribution in [-0.4, -0.2) is 31.0 Å². The third-order valence-electron chi connectivity index (χ3n) is 5.62. The van der Waals surface area contributed by atoms with Crippen LogP contribution in [0.25, 0.3) is 0 Å². The van der Waals surface area contributed by atoms with Gasteiger partial charge in [-0.25, -0.2) is 0 Å². The lowest BCUT2D eigenvalue weighted by Gasteiger charge is -2.24. The molecule has 1 aliphatic heterocycles. The predicted molar refractivity (Wildman–Crippen MR) is 102 cm³/mol. The molecule has 0 N–H and O–H groups in total. The van der Waals surface area contributed by atoms with Gasteiger partial charge in [0.2, 0.25) is 5.91 Å². The van der Waals surface area contributed by atoms with Gasteiger partial charge in [-0.1, -0.05) is 40.2 Å². The second kappa shape index (κ2) is 6.49. The number of benzene rings is 2. The van der Waals surface area contributed by atoms with Crippen LogP contribution in [0.5, 0.6) is 5.75 Å². The zero-order chi connectivity index (χ0) is 17.4. The Kier molecular flexibility index (Phi) is 4.32. The number of rotatable bonds is 4. The van der Waals surface area contributed by atoms with Gasteiger partial charge in [0.25, 0.3) is 0 Å². The highest BCUT2D eigenvalue weighted by molar-refractivity contribution is 9.10.